The summed E-state index contributed by atoms with van der Waals surface area (Å²) in [7, 11) is 0. The van der Waals surface area contributed by atoms with Crippen molar-refractivity contribution < 1.29 is 4.79 Å². The number of hydrogen-bond acceptors (Lipinski definition) is 5. The SMILES string of the molecule is Nc1nnc(C(=O)NCc2ccccc2Cl)s1. The third kappa shape index (κ3) is 2.92. The van der Waals surface area contributed by atoms with E-state index in [0.29, 0.717) is 11.6 Å². The van der Waals surface area contributed by atoms with Crippen molar-refractivity contribution >= 4 is 34.0 Å². The molecule has 2 aromatic rings. The molecule has 17 heavy (non-hydrogen) atoms. The lowest BCUT2D eigenvalue weighted by atomic mass is 10.2. The van der Waals surface area contributed by atoms with Crippen molar-refractivity contribution in [3.8, 4) is 0 Å². The minimum absolute atomic E-state index is 0.245. The van der Waals surface area contributed by atoms with Crippen molar-refractivity contribution in [2.45, 2.75) is 6.54 Å². The highest BCUT2D eigenvalue weighted by molar-refractivity contribution is 7.16. The molecule has 0 saturated heterocycles. The van der Waals surface area contributed by atoms with Gasteiger partial charge in [0.15, 0.2) is 0 Å². The Morgan fingerprint density at radius 2 is 2.18 bits per heavy atom. The number of carbonyl (C=O) groups is 1. The molecule has 88 valence electrons. The van der Waals surface area contributed by atoms with E-state index in [4.69, 9.17) is 17.3 Å². The van der Waals surface area contributed by atoms with E-state index in [-0.39, 0.29) is 16.0 Å². The van der Waals surface area contributed by atoms with Crippen LogP contribution in [0.4, 0.5) is 5.13 Å². The molecule has 0 fully saturated rings. The van der Waals surface area contributed by atoms with Gasteiger partial charge in [-0.2, -0.15) is 0 Å². The molecule has 1 amide bonds. The van der Waals surface area contributed by atoms with Crippen LogP contribution in [0.3, 0.4) is 0 Å². The topological polar surface area (TPSA) is 80.9 Å². The molecule has 0 aliphatic heterocycles. The van der Waals surface area contributed by atoms with E-state index in [1.54, 1.807) is 6.07 Å². The quantitative estimate of drug-likeness (QED) is 0.888. The number of carbonyl (C=O) groups excluding carboxylic acids is 1. The Hall–Kier alpha value is -1.66. The molecule has 5 nitrogen and oxygen atoms in total. The van der Waals surface area contributed by atoms with Gasteiger partial charge in [-0.1, -0.05) is 41.1 Å². The largest absolute Gasteiger partial charge is 0.374 e. The van der Waals surface area contributed by atoms with Crippen LogP contribution in [0.25, 0.3) is 0 Å². The predicted octanol–water partition coefficient (Wildman–Crippen LogP) is 1.70. The van der Waals surface area contributed by atoms with Crippen molar-refractivity contribution in [1.82, 2.24) is 15.5 Å². The summed E-state index contributed by atoms with van der Waals surface area (Å²) >= 11 is 7.01. The first-order chi connectivity index (χ1) is 8.16. The first-order valence-corrected chi connectivity index (χ1v) is 5.97. The van der Waals surface area contributed by atoms with Crippen LogP contribution in [0.15, 0.2) is 24.3 Å². The summed E-state index contributed by atoms with van der Waals surface area (Å²) in [6.45, 7) is 0.345. The Labute approximate surface area is 107 Å². The van der Waals surface area contributed by atoms with E-state index in [2.05, 4.69) is 15.5 Å². The summed E-state index contributed by atoms with van der Waals surface area (Å²) in [5.74, 6) is -0.306. The monoisotopic (exact) mass is 268 g/mol. The van der Waals surface area contributed by atoms with Gasteiger partial charge in [-0.05, 0) is 11.6 Å². The van der Waals surface area contributed by atoms with Gasteiger partial charge < -0.3 is 11.1 Å². The van der Waals surface area contributed by atoms with E-state index in [1.165, 1.54) is 0 Å². The normalized spacial score (nSPS) is 10.2. The van der Waals surface area contributed by atoms with Crippen LogP contribution < -0.4 is 11.1 Å². The lowest BCUT2D eigenvalue weighted by Gasteiger charge is -2.04. The second kappa shape index (κ2) is 5.11. The zero-order valence-corrected chi connectivity index (χ0v) is 10.3. The molecule has 1 aromatic heterocycles. The van der Waals surface area contributed by atoms with Crippen molar-refractivity contribution in [1.29, 1.82) is 0 Å². The molecule has 0 aliphatic carbocycles. The third-order valence-corrected chi connectivity index (χ3v) is 3.15. The number of nitrogens with two attached hydrogens (primary N) is 1. The van der Waals surface area contributed by atoms with Crippen molar-refractivity contribution in [2.75, 3.05) is 5.73 Å². The number of rotatable bonds is 3. The summed E-state index contributed by atoms with van der Waals surface area (Å²) in [6.07, 6.45) is 0. The molecule has 0 unspecified atom stereocenters. The Bertz CT molecular complexity index is 543. The first-order valence-electron chi connectivity index (χ1n) is 4.77. The molecule has 1 aromatic carbocycles. The van der Waals surface area contributed by atoms with Crippen molar-refractivity contribution in [3.63, 3.8) is 0 Å². The van der Waals surface area contributed by atoms with Gasteiger partial charge in [0.05, 0.1) is 0 Å². The number of benzene rings is 1. The minimum Gasteiger partial charge on any atom is -0.374 e. The molecule has 0 spiro atoms. The number of halogens is 1. The van der Waals surface area contributed by atoms with Crippen LogP contribution in [0, 0.1) is 0 Å². The number of nitrogens with one attached hydrogen (secondary N) is 1. The molecule has 0 atom stereocenters. The van der Waals surface area contributed by atoms with Gasteiger partial charge in [-0.15, -0.1) is 10.2 Å². The fourth-order valence-corrected chi connectivity index (χ4v) is 1.95. The maximum Gasteiger partial charge on any atom is 0.282 e. The van der Waals surface area contributed by atoms with Crippen molar-refractivity contribution in [2.24, 2.45) is 0 Å². The van der Waals surface area contributed by atoms with Crippen molar-refractivity contribution in [3.05, 3.63) is 39.9 Å². The molecular formula is C10H9ClN4OS. The number of aromatic nitrogens is 2. The van der Waals surface area contributed by atoms with Gasteiger partial charge in [-0.3, -0.25) is 4.79 Å². The van der Waals surface area contributed by atoms with Crippen LogP contribution in [0.2, 0.25) is 5.02 Å². The maximum absolute atomic E-state index is 11.6. The maximum atomic E-state index is 11.6. The molecule has 0 radical (unpaired) electrons. The highest BCUT2D eigenvalue weighted by Gasteiger charge is 2.11. The molecular weight excluding hydrogens is 260 g/mol. The highest BCUT2D eigenvalue weighted by Crippen LogP contribution is 2.15. The summed E-state index contributed by atoms with van der Waals surface area (Å²) in [5, 5.41) is 11.0. The third-order valence-electron chi connectivity index (χ3n) is 2.03. The average molecular weight is 269 g/mol. The van der Waals surface area contributed by atoms with E-state index < -0.39 is 0 Å². The molecule has 1 heterocycles. The second-order valence-corrected chi connectivity index (χ2v) is 4.64. The van der Waals surface area contributed by atoms with E-state index >= 15 is 0 Å². The zero-order chi connectivity index (χ0) is 12.3. The van der Waals surface area contributed by atoms with Gasteiger partial charge in [-0.25, -0.2) is 0 Å². The number of nitrogens with zero attached hydrogens (tertiary/aromatic N) is 2. The standard InChI is InChI=1S/C10H9ClN4OS/c11-7-4-2-1-3-6(7)5-13-8(16)9-14-15-10(12)17-9/h1-4H,5H2,(H2,12,15)(H,13,16). The van der Waals surface area contributed by atoms with Gasteiger partial charge >= 0.3 is 0 Å². The summed E-state index contributed by atoms with van der Waals surface area (Å²) in [6, 6.07) is 7.30. The van der Waals surface area contributed by atoms with Gasteiger partial charge in [0.1, 0.15) is 0 Å². The Morgan fingerprint density at radius 3 is 2.82 bits per heavy atom. The minimum atomic E-state index is -0.306. The summed E-state index contributed by atoms with van der Waals surface area (Å²) in [5.41, 5.74) is 6.24. The van der Waals surface area contributed by atoms with E-state index in [0.717, 1.165) is 16.9 Å². The summed E-state index contributed by atoms with van der Waals surface area (Å²) in [4.78, 5) is 11.6. The first kappa shape index (κ1) is 11.8. The van der Waals surface area contributed by atoms with Crippen LogP contribution >= 0.6 is 22.9 Å². The van der Waals surface area contributed by atoms with Crippen LogP contribution in [-0.2, 0) is 6.54 Å². The second-order valence-electron chi connectivity index (χ2n) is 3.22. The smallest absolute Gasteiger partial charge is 0.282 e. The lowest BCUT2D eigenvalue weighted by Crippen LogP contribution is -2.22. The zero-order valence-electron chi connectivity index (χ0n) is 8.68. The van der Waals surface area contributed by atoms with Crippen LogP contribution in [0.1, 0.15) is 15.4 Å². The molecule has 0 aliphatic rings. The Morgan fingerprint density at radius 1 is 1.41 bits per heavy atom. The molecule has 0 saturated carbocycles. The fourth-order valence-electron chi connectivity index (χ4n) is 1.22. The van der Waals surface area contributed by atoms with Crippen LogP contribution in [0.5, 0.6) is 0 Å². The average Bonchev–Trinajstić information content (AvgIpc) is 2.74. The number of anilines is 1. The van der Waals surface area contributed by atoms with Gasteiger partial charge in [0.25, 0.3) is 5.91 Å². The van der Waals surface area contributed by atoms with E-state index in [9.17, 15) is 4.79 Å². The molecule has 3 N–H and O–H groups in total. The van der Waals surface area contributed by atoms with E-state index in [1.807, 2.05) is 18.2 Å². The number of hydrogen-bond donors (Lipinski definition) is 2. The Kier molecular flexibility index (Phi) is 3.55. The number of amides is 1. The highest BCUT2D eigenvalue weighted by atomic mass is 35.5. The molecule has 7 heteroatoms. The summed E-state index contributed by atoms with van der Waals surface area (Å²) < 4.78 is 0. The predicted molar refractivity (Wildman–Crippen MR) is 66.9 cm³/mol. The lowest BCUT2D eigenvalue weighted by molar-refractivity contribution is 0.0950. The molecule has 0 bridgehead atoms. The molecule has 2 rings (SSSR count). The number of nitrogen functional groups attached to an aromatic ring is 1. The van der Waals surface area contributed by atoms with Gasteiger partial charge in [0, 0.05) is 11.6 Å². The Balaban J connectivity index is 1.99. The van der Waals surface area contributed by atoms with Gasteiger partial charge in [0.2, 0.25) is 10.1 Å². The fraction of sp³-hybridized carbons (Fsp3) is 0.100. The van der Waals surface area contributed by atoms with Crippen LogP contribution in [-0.4, -0.2) is 16.1 Å².